The molecular weight excluding hydrogens is 439 g/mol. The van der Waals surface area contributed by atoms with Crippen LogP contribution in [0.2, 0.25) is 10.0 Å². The van der Waals surface area contributed by atoms with Crippen molar-refractivity contribution in [1.29, 1.82) is 0 Å². The lowest BCUT2D eigenvalue weighted by molar-refractivity contribution is -0.386. The molecule has 1 N–H and O–H groups in total. The molecule has 0 fully saturated rings. The third-order valence-corrected chi connectivity index (χ3v) is 5.28. The monoisotopic (exact) mass is 458 g/mol. The van der Waals surface area contributed by atoms with Crippen LogP contribution in [0, 0.1) is 10.1 Å². The number of benzene rings is 3. The van der Waals surface area contributed by atoms with Gasteiger partial charge in [-0.1, -0.05) is 65.7 Å². The second kappa shape index (κ2) is 10.8. The molecule has 160 valence electrons. The van der Waals surface area contributed by atoms with Crippen LogP contribution in [0.1, 0.15) is 16.7 Å². The fourth-order valence-corrected chi connectivity index (χ4v) is 3.28. The summed E-state index contributed by atoms with van der Waals surface area (Å²) in [5.41, 5.74) is 2.41. The van der Waals surface area contributed by atoms with Crippen LogP contribution in [0.25, 0.3) is 0 Å². The zero-order valence-corrected chi connectivity index (χ0v) is 18.0. The summed E-state index contributed by atoms with van der Waals surface area (Å²) >= 11 is 11.9. The molecule has 0 saturated heterocycles. The standard InChI is InChI=1S/C23H20Cl2N2O4/c24-19-8-6-18(12-20(19)25)14-23(28)26-11-10-16-7-9-21(27(29)30)22(13-16)31-15-17-4-2-1-3-5-17/h1-9,12-13H,10-11,14-15H2,(H,26,28). The van der Waals surface area contributed by atoms with Gasteiger partial charge in [0.1, 0.15) is 6.61 Å². The molecule has 0 unspecified atom stereocenters. The first-order chi connectivity index (χ1) is 14.9. The number of nitro groups is 1. The summed E-state index contributed by atoms with van der Waals surface area (Å²) in [6.07, 6.45) is 0.690. The van der Waals surface area contributed by atoms with Gasteiger partial charge in [0.15, 0.2) is 5.75 Å². The number of nitrogens with zero attached hydrogens (tertiary/aromatic N) is 1. The molecular formula is C23H20Cl2N2O4. The fraction of sp³-hybridized carbons (Fsp3) is 0.174. The summed E-state index contributed by atoms with van der Waals surface area (Å²) in [5.74, 6) is 0.0503. The maximum absolute atomic E-state index is 12.2. The quantitative estimate of drug-likeness (QED) is 0.344. The second-order valence-corrected chi connectivity index (χ2v) is 7.67. The lowest BCUT2D eigenvalue weighted by Crippen LogP contribution is -2.27. The van der Waals surface area contributed by atoms with Crippen molar-refractivity contribution >= 4 is 34.8 Å². The van der Waals surface area contributed by atoms with Crippen LogP contribution < -0.4 is 10.1 Å². The molecule has 8 heteroatoms. The highest BCUT2D eigenvalue weighted by Gasteiger charge is 2.16. The van der Waals surface area contributed by atoms with E-state index in [1.165, 1.54) is 6.07 Å². The molecule has 0 radical (unpaired) electrons. The van der Waals surface area contributed by atoms with Crippen LogP contribution in [-0.4, -0.2) is 17.4 Å². The zero-order valence-electron chi connectivity index (χ0n) is 16.5. The Kier molecular flexibility index (Phi) is 7.87. The van der Waals surface area contributed by atoms with Crippen LogP contribution in [-0.2, 0) is 24.2 Å². The Balaban J connectivity index is 1.57. The summed E-state index contributed by atoms with van der Waals surface area (Å²) in [6.45, 7) is 0.613. The fourth-order valence-electron chi connectivity index (χ4n) is 2.96. The molecule has 6 nitrogen and oxygen atoms in total. The van der Waals surface area contributed by atoms with Gasteiger partial charge < -0.3 is 10.1 Å². The van der Waals surface area contributed by atoms with Crippen LogP contribution in [0.3, 0.4) is 0 Å². The topological polar surface area (TPSA) is 81.5 Å². The highest BCUT2D eigenvalue weighted by Crippen LogP contribution is 2.29. The van der Waals surface area contributed by atoms with Crippen molar-refractivity contribution in [2.45, 2.75) is 19.4 Å². The van der Waals surface area contributed by atoms with E-state index >= 15 is 0 Å². The molecule has 3 rings (SSSR count). The van der Waals surface area contributed by atoms with E-state index in [1.54, 1.807) is 30.3 Å². The predicted octanol–water partition coefficient (Wildman–Crippen LogP) is 5.38. The van der Waals surface area contributed by atoms with Crippen molar-refractivity contribution in [3.05, 3.63) is 104 Å². The van der Waals surface area contributed by atoms with Crippen LogP contribution in [0.5, 0.6) is 5.75 Å². The molecule has 3 aromatic rings. The minimum atomic E-state index is -0.469. The van der Waals surface area contributed by atoms with Crippen LogP contribution in [0.15, 0.2) is 66.7 Å². The molecule has 0 aliphatic rings. The van der Waals surface area contributed by atoms with Crippen molar-refractivity contribution < 1.29 is 14.5 Å². The summed E-state index contributed by atoms with van der Waals surface area (Å²) in [4.78, 5) is 23.0. The molecule has 31 heavy (non-hydrogen) atoms. The Morgan fingerprint density at radius 3 is 2.39 bits per heavy atom. The molecule has 0 bridgehead atoms. The SMILES string of the molecule is O=C(Cc1ccc(Cl)c(Cl)c1)NCCc1ccc([N+](=O)[O-])c(OCc2ccccc2)c1. The molecule has 0 atom stereocenters. The number of carbonyl (C=O) groups excluding carboxylic acids is 1. The van der Waals surface area contributed by atoms with E-state index < -0.39 is 4.92 Å². The Morgan fingerprint density at radius 2 is 1.68 bits per heavy atom. The first-order valence-corrected chi connectivity index (χ1v) is 10.3. The van der Waals surface area contributed by atoms with Crippen molar-refractivity contribution in [2.24, 2.45) is 0 Å². The number of hydrogen-bond acceptors (Lipinski definition) is 4. The van der Waals surface area contributed by atoms with Crippen molar-refractivity contribution in [3.63, 3.8) is 0 Å². The molecule has 1 amide bonds. The minimum Gasteiger partial charge on any atom is -0.482 e. The molecule has 0 spiro atoms. The second-order valence-electron chi connectivity index (χ2n) is 6.86. The van der Waals surface area contributed by atoms with Crippen molar-refractivity contribution in [3.8, 4) is 5.75 Å². The van der Waals surface area contributed by atoms with E-state index in [4.69, 9.17) is 27.9 Å². The van der Waals surface area contributed by atoms with Gasteiger partial charge in [0.2, 0.25) is 5.91 Å². The van der Waals surface area contributed by atoms with E-state index in [9.17, 15) is 14.9 Å². The van der Waals surface area contributed by atoms with Gasteiger partial charge in [-0.3, -0.25) is 14.9 Å². The number of hydrogen-bond donors (Lipinski definition) is 1. The summed E-state index contributed by atoms with van der Waals surface area (Å²) in [5, 5.41) is 15.0. The normalized spacial score (nSPS) is 10.5. The molecule has 0 saturated carbocycles. The van der Waals surface area contributed by atoms with Gasteiger partial charge >= 0.3 is 5.69 Å². The Hall–Kier alpha value is -3.09. The smallest absolute Gasteiger partial charge is 0.310 e. The highest BCUT2D eigenvalue weighted by molar-refractivity contribution is 6.42. The maximum Gasteiger partial charge on any atom is 0.310 e. The average Bonchev–Trinajstić information content (AvgIpc) is 2.75. The largest absolute Gasteiger partial charge is 0.482 e. The van der Waals surface area contributed by atoms with Gasteiger partial charge in [-0.05, 0) is 41.3 Å². The van der Waals surface area contributed by atoms with E-state index in [0.29, 0.717) is 23.0 Å². The molecule has 0 aliphatic heterocycles. The first kappa shape index (κ1) is 22.6. The highest BCUT2D eigenvalue weighted by atomic mass is 35.5. The van der Waals surface area contributed by atoms with Gasteiger partial charge in [0.25, 0.3) is 0 Å². The van der Waals surface area contributed by atoms with Gasteiger partial charge in [0.05, 0.1) is 21.4 Å². The number of nitro benzene ring substituents is 1. The lowest BCUT2D eigenvalue weighted by Gasteiger charge is -2.10. The molecule has 0 aliphatic carbocycles. The summed E-state index contributed by atoms with van der Waals surface area (Å²) in [6, 6.07) is 19.2. The number of nitrogens with one attached hydrogen (secondary N) is 1. The third-order valence-electron chi connectivity index (χ3n) is 4.54. The first-order valence-electron chi connectivity index (χ1n) is 9.57. The van der Waals surface area contributed by atoms with Gasteiger partial charge in [-0.15, -0.1) is 0 Å². The van der Waals surface area contributed by atoms with Crippen molar-refractivity contribution in [1.82, 2.24) is 5.32 Å². The van der Waals surface area contributed by atoms with Gasteiger partial charge in [-0.2, -0.15) is 0 Å². The summed E-state index contributed by atoms with van der Waals surface area (Å²) in [7, 11) is 0. The van der Waals surface area contributed by atoms with E-state index in [-0.39, 0.29) is 30.4 Å². The van der Waals surface area contributed by atoms with E-state index in [0.717, 1.165) is 16.7 Å². The van der Waals surface area contributed by atoms with E-state index in [1.807, 2.05) is 30.3 Å². The maximum atomic E-state index is 12.2. The van der Waals surface area contributed by atoms with Crippen LogP contribution >= 0.6 is 23.2 Å². The molecule has 3 aromatic carbocycles. The number of halogens is 2. The lowest BCUT2D eigenvalue weighted by atomic mass is 10.1. The Bertz CT molecular complexity index is 1070. The van der Waals surface area contributed by atoms with E-state index in [2.05, 4.69) is 5.32 Å². The van der Waals surface area contributed by atoms with Gasteiger partial charge in [-0.25, -0.2) is 0 Å². The zero-order chi connectivity index (χ0) is 22.2. The number of carbonyl (C=O) groups is 1. The summed E-state index contributed by atoms with van der Waals surface area (Å²) < 4.78 is 5.70. The minimum absolute atomic E-state index is 0.0941. The molecule has 0 aromatic heterocycles. The van der Waals surface area contributed by atoms with Gasteiger partial charge in [0, 0.05) is 12.6 Å². The number of amides is 1. The molecule has 0 heterocycles. The van der Waals surface area contributed by atoms with Crippen LogP contribution in [0.4, 0.5) is 5.69 Å². The Labute approximate surface area is 189 Å². The Morgan fingerprint density at radius 1 is 0.935 bits per heavy atom. The third kappa shape index (κ3) is 6.70. The van der Waals surface area contributed by atoms with Crippen molar-refractivity contribution in [2.75, 3.05) is 6.54 Å². The average molecular weight is 459 g/mol. The predicted molar refractivity (Wildman–Crippen MR) is 121 cm³/mol. The number of rotatable bonds is 9. The number of ether oxygens (including phenoxy) is 1.